The van der Waals surface area contributed by atoms with Crippen molar-refractivity contribution < 1.29 is 4.74 Å². The lowest BCUT2D eigenvalue weighted by Gasteiger charge is -2.15. The predicted octanol–water partition coefficient (Wildman–Crippen LogP) is 3.21. The van der Waals surface area contributed by atoms with E-state index in [1.54, 1.807) is 18.4 Å². The van der Waals surface area contributed by atoms with Crippen molar-refractivity contribution in [3.63, 3.8) is 0 Å². The first kappa shape index (κ1) is 15.8. The van der Waals surface area contributed by atoms with E-state index < -0.39 is 0 Å². The largest absolute Gasteiger partial charge is 0.497 e. The number of ether oxygens (including phenoxy) is 1. The van der Waals surface area contributed by atoms with Gasteiger partial charge in [0.05, 0.1) is 12.8 Å². The van der Waals surface area contributed by atoms with Crippen molar-refractivity contribution in [2.45, 2.75) is 26.9 Å². The van der Waals surface area contributed by atoms with Crippen LogP contribution in [0.2, 0.25) is 0 Å². The van der Waals surface area contributed by atoms with E-state index in [1.165, 1.54) is 10.4 Å². The number of thiazole rings is 1. The van der Waals surface area contributed by atoms with Crippen molar-refractivity contribution in [1.29, 1.82) is 0 Å². The van der Waals surface area contributed by atoms with Gasteiger partial charge in [0.1, 0.15) is 5.75 Å². The molecule has 0 saturated carbocycles. The van der Waals surface area contributed by atoms with E-state index in [0.29, 0.717) is 0 Å². The highest BCUT2D eigenvalue weighted by molar-refractivity contribution is 7.15. The highest BCUT2D eigenvalue weighted by atomic mass is 32.1. The number of rotatable bonds is 7. The lowest BCUT2D eigenvalue weighted by atomic mass is 10.2. The summed E-state index contributed by atoms with van der Waals surface area (Å²) in [7, 11) is 3.77. The number of aromatic nitrogens is 1. The fourth-order valence-electron chi connectivity index (χ4n) is 2.05. The maximum Gasteiger partial charge on any atom is 0.185 e. The standard InChI is InChI=1S/C16H23N3OS/c1-5-17-10-15-12(2)18-16(21-15)19(3)11-13-6-8-14(20-4)9-7-13/h6-9,17H,5,10-11H2,1-4H3. The van der Waals surface area contributed by atoms with E-state index >= 15 is 0 Å². The van der Waals surface area contributed by atoms with Crippen LogP contribution in [-0.4, -0.2) is 25.7 Å². The number of nitrogens with one attached hydrogen (secondary N) is 1. The molecule has 0 unspecified atom stereocenters. The molecule has 114 valence electrons. The van der Waals surface area contributed by atoms with Crippen molar-refractivity contribution in [2.75, 3.05) is 25.6 Å². The molecule has 0 radical (unpaired) electrons. The van der Waals surface area contributed by atoms with E-state index in [2.05, 4.69) is 48.2 Å². The normalized spacial score (nSPS) is 10.7. The van der Waals surface area contributed by atoms with E-state index in [4.69, 9.17) is 4.74 Å². The molecule has 0 atom stereocenters. The third-order valence-corrected chi connectivity index (χ3v) is 4.59. The van der Waals surface area contributed by atoms with Gasteiger partial charge in [0.2, 0.25) is 0 Å². The van der Waals surface area contributed by atoms with Crippen molar-refractivity contribution in [2.24, 2.45) is 0 Å². The quantitative estimate of drug-likeness (QED) is 0.852. The molecule has 21 heavy (non-hydrogen) atoms. The molecule has 1 N–H and O–H groups in total. The minimum atomic E-state index is 0.845. The van der Waals surface area contributed by atoms with Gasteiger partial charge in [0.15, 0.2) is 5.13 Å². The molecule has 0 aliphatic carbocycles. The summed E-state index contributed by atoms with van der Waals surface area (Å²) in [6.07, 6.45) is 0. The molecule has 1 aromatic heterocycles. The molecule has 2 rings (SSSR count). The lowest BCUT2D eigenvalue weighted by Crippen LogP contribution is -2.16. The monoisotopic (exact) mass is 305 g/mol. The van der Waals surface area contributed by atoms with Crippen LogP contribution in [0.5, 0.6) is 5.75 Å². The average molecular weight is 305 g/mol. The zero-order valence-corrected chi connectivity index (χ0v) is 14.0. The second-order valence-corrected chi connectivity index (χ2v) is 6.05. The fraction of sp³-hybridized carbons (Fsp3) is 0.438. The summed E-state index contributed by atoms with van der Waals surface area (Å²) in [5, 5.41) is 4.42. The van der Waals surface area contributed by atoms with Gasteiger partial charge in [0, 0.05) is 25.0 Å². The average Bonchev–Trinajstić information content (AvgIpc) is 2.87. The highest BCUT2D eigenvalue weighted by Gasteiger charge is 2.11. The van der Waals surface area contributed by atoms with Crippen LogP contribution in [0.3, 0.4) is 0 Å². The summed E-state index contributed by atoms with van der Waals surface area (Å²) in [5.74, 6) is 0.888. The number of hydrogen-bond donors (Lipinski definition) is 1. The van der Waals surface area contributed by atoms with Gasteiger partial charge < -0.3 is 15.0 Å². The zero-order valence-electron chi connectivity index (χ0n) is 13.1. The highest BCUT2D eigenvalue weighted by Crippen LogP contribution is 2.26. The summed E-state index contributed by atoms with van der Waals surface area (Å²) in [5.41, 5.74) is 2.37. The molecule has 0 spiro atoms. The van der Waals surface area contributed by atoms with Crippen LogP contribution in [0.15, 0.2) is 24.3 Å². The van der Waals surface area contributed by atoms with Gasteiger partial charge in [-0.1, -0.05) is 19.1 Å². The number of aryl methyl sites for hydroxylation is 1. The van der Waals surface area contributed by atoms with E-state index in [0.717, 1.165) is 36.2 Å². The SMILES string of the molecule is CCNCc1sc(N(C)Cc2ccc(OC)cc2)nc1C. The minimum absolute atomic E-state index is 0.845. The second kappa shape index (κ2) is 7.43. The Bertz CT molecular complexity index is 565. The summed E-state index contributed by atoms with van der Waals surface area (Å²) in [6.45, 7) is 6.92. The third kappa shape index (κ3) is 4.19. The molecular formula is C16H23N3OS. The maximum absolute atomic E-state index is 5.18. The topological polar surface area (TPSA) is 37.4 Å². The number of nitrogens with zero attached hydrogens (tertiary/aromatic N) is 2. The van der Waals surface area contributed by atoms with Crippen LogP contribution in [0, 0.1) is 6.92 Å². The van der Waals surface area contributed by atoms with Crippen LogP contribution in [-0.2, 0) is 13.1 Å². The molecule has 0 saturated heterocycles. The zero-order chi connectivity index (χ0) is 15.2. The maximum atomic E-state index is 5.18. The van der Waals surface area contributed by atoms with Gasteiger partial charge in [-0.25, -0.2) is 4.98 Å². The van der Waals surface area contributed by atoms with Gasteiger partial charge in [-0.3, -0.25) is 0 Å². The molecule has 2 aromatic rings. The Hall–Kier alpha value is -1.59. The first-order valence-corrected chi connectivity index (χ1v) is 7.96. The van der Waals surface area contributed by atoms with Crippen molar-refractivity contribution in [3.8, 4) is 5.75 Å². The van der Waals surface area contributed by atoms with Crippen LogP contribution in [0.1, 0.15) is 23.1 Å². The second-order valence-electron chi connectivity index (χ2n) is 4.99. The lowest BCUT2D eigenvalue weighted by molar-refractivity contribution is 0.414. The molecule has 1 aromatic carbocycles. The molecule has 1 heterocycles. The van der Waals surface area contributed by atoms with E-state index in [9.17, 15) is 0 Å². The molecular weight excluding hydrogens is 282 g/mol. The molecule has 0 fully saturated rings. The van der Waals surface area contributed by atoms with Gasteiger partial charge in [-0.2, -0.15) is 0 Å². The number of hydrogen-bond acceptors (Lipinski definition) is 5. The smallest absolute Gasteiger partial charge is 0.185 e. The Balaban J connectivity index is 2.03. The summed E-state index contributed by atoms with van der Waals surface area (Å²) < 4.78 is 5.18. The van der Waals surface area contributed by atoms with Gasteiger partial charge in [-0.05, 0) is 31.2 Å². The van der Waals surface area contributed by atoms with Crippen LogP contribution < -0.4 is 15.0 Å². The van der Waals surface area contributed by atoms with Gasteiger partial charge in [0.25, 0.3) is 0 Å². The van der Waals surface area contributed by atoms with Crippen molar-refractivity contribution in [1.82, 2.24) is 10.3 Å². The Labute approximate surface area is 130 Å². The summed E-state index contributed by atoms with van der Waals surface area (Å²) in [6, 6.07) is 8.17. The van der Waals surface area contributed by atoms with Gasteiger partial charge in [-0.15, -0.1) is 11.3 Å². The van der Waals surface area contributed by atoms with Crippen LogP contribution >= 0.6 is 11.3 Å². The van der Waals surface area contributed by atoms with Crippen LogP contribution in [0.25, 0.3) is 0 Å². The Morgan fingerprint density at radius 3 is 2.62 bits per heavy atom. The Morgan fingerprint density at radius 1 is 1.29 bits per heavy atom. The molecule has 4 nitrogen and oxygen atoms in total. The molecule has 0 aliphatic heterocycles. The third-order valence-electron chi connectivity index (χ3n) is 3.32. The minimum Gasteiger partial charge on any atom is -0.497 e. The molecule has 0 aliphatic rings. The Kier molecular flexibility index (Phi) is 5.59. The number of anilines is 1. The summed E-state index contributed by atoms with van der Waals surface area (Å²) >= 11 is 1.76. The van der Waals surface area contributed by atoms with Crippen LogP contribution in [0.4, 0.5) is 5.13 Å². The molecule has 0 bridgehead atoms. The fourth-order valence-corrected chi connectivity index (χ4v) is 3.04. The first-order chi connectivity index (χ1) is 10.1. The molecule has 0 amide bonds. The van der Waals surface area contributed by atoms with E-state index in [1.807, 2.05) is 12.1 Å². The van der Waals surface area contributed by atoms with E-state index in [-0.39, 0.29) is 0 Å². The number of methoxy groups -OCH3 is 1. The molecule has 5 heteroatoms. The first-order valence-electron chi connectivity index (χ1n) is 7.15. The van der Waals surface area contributed by atoms with Crippen molar-refractivity contribution >= 4 is 16.5 Å². The summed E-state index contributed by atoms with van der Waals surface area (Å²) in [4.78, 5) is 8.18. The van der Waals surface area contributed by atoms with Crippen molar-refractivity contribution in [3.05, 3.63) is 40.4 Å². The van der Waals surface area contributed by atoms with Gasteiger partial charge >= 0.3 is 0 Å². The number of benzene rings is 1. The Morgan fingerprint density at radius 2 is 2.00 bits per heavy atom. The predicted molar refractivity (Wildman–Crippen MR) is 89.3 cm³/mol.